The van der Waals surface area contributed by atoms with Crippen LogP contribution < -0.4 is 10.4 Å². The predicted octanol–water partition coefficient (Wildman–Crippen LogP) is 4.19. The summed E-state index contributed by atoms with van der Waals surface area (Å²) in [5.41, 5.74) is 6.02. The number of rotatable bonds is 5. The second kappa shape index (κ2) is 8.55. The van der Waals surface area contributed by atoms with Crippen LogP contribution in [0.5, 0.6) is 0 Å². The Morgan fingerprint density at radius 2 is 2.09 bits per heavy atom. The van der Waals surface area contributed by atoms with E-state index < -0.39 is 5.97 Å². The normalized spacial score (nSPS) is 13.0. The zero-order valence-electron chi connectivity index (χ0n) is 17.8. The van der Waals surface area contributed by atoms with E-state index >= 15 is 0 Å². The zero-order chi connectivity index (χ0) is 22.9. The third-order valence-corrected chi connectivity index (χ3v) is 6.00. The van der Waals surface area contributed by atoms with Gasteiger partial charge in [0.15, 0.2) is 5.69 Å². The number of aromatic nitrogens is 3. The van der Waals surface area contributed by atoms with E-state index in [-0.39, 0.29) is 5.69 Å². The number of halogens is 1. The molecule has 0 saturated heterocycles. The summed E-state index contributed by atoms with van der Waals surface area (Å²) >= 11 is 6.72. The predicted molar refractivity (Wildman–Crippen MR) is 125 cm³/mol. The van der Waals surface area contributed by atoms with Crippen molar-refractivity contribution < 1.29 is 14.4 Å². The fraction of sp³-hybridized carbons (Fsp3) is 0.167. The first-order valence-corrected chi connectivity index (χ1v) is 10.8. The van der Waals surface area contributed by atoms with Crippen LogP contribution in [0.4, 0.5) is 11.5 Å². The molecule has 0 spiro atoms. The summed E-state index contributed by atoms with van der Waals surface area (Å²) < 4.78 is 1.75. The first-order chi connectivity index (χ1) is 16.0. The molecule has 0 saturated carbocycles. The highest BCUT2D eigenvalue weighted by molar-refractivity contribution is 6.33. The van der Waals surface area contributed by atoms with Crippen molar-refractivity contribution in [2.45, 2.75) is 12.8 Å². The van der Waals surface area contributed by atoms with Gasteiger partial charge in [0.1, 0.15) is 5.82 Å². The number of hydrogen-bond acceptors (Lipinski definition) is 6. The summed E-state index contributed by atoms with van der Waals surface area (Å²) in [7, 11) is 1.87. The largest absolute Gasteiger partial charge is 0.381 e. The number of amides is 1. The number of aryl methyl sites for hydroxylation is 2. The Morgan fingerprint density at radius 1 is 1.24 bits per heavy atom. The molecule has 9 heteroatoms. The molecule has 0 atom stereocenters. The van der Waals surface area contributed by atoms with Crippen LogP contribution in [0.3, 0.4) is 0 Å². The molecule has 0 fully saturated rings. The van der Waals surface area contributed by atoms with Crippen molar-refractivity contribution in [3.05, 3.63) is 71.1 Å². The van der Waals surface area contributed by atoms with E-state index in [0.717, 1.165) is 52.5 Å². The Hall–Kier alpha value is -3.91. The summed E-state index contributed by atoms with van der Waals surface area (Å²) in [5.74, 6) is -0.103. The molecular weight excluding hydrogens is 442 g/mol. The van der Waals surface area contributed by atoms with Gasteiger partial charge in [-0.25, -0.2) is 9.78 Å². The molecule has 2 aromatic carbocycles. The van der Waals surface area contributed by atoms with Crippen LogP contribution in [0, 0.1) is 0 Å². The highest BCUT2D eigenvalue weighted by Gasteiger charge is 2.25. The van der Waals surface area contributed by atoms with Gasteiger partial charge in [0, 0.05) is 42.0 Å². The second-order valence-electron chi connectivity index (χ2n) is 7.80. The molecule has 1 aliphatic rings. The SMILES string of the molecule is Cn1cc(-c2cc3c(cc2Cl)N(c2nc(C(=O)ONC=O)cc4ccccc24)CCC3)cn1. The van der Waals surface area contributed by atoms with Crippen LogP contribution in [0.25, 0.3) is 21.9 Å². The highest BCUT2D eigenvalue weighted by Crippen LogP contribution is 2.41. The number of carbonyl (C=O) groups is 2. The third kappa shape index (κ3) is 3.89. The van der Waals surface area contributed by atoms with E-state index in [1.165, 1.54) is 0 Å². The van der Waals surface area contributed by atoms with Crippen molar-refractivity contribution in [3.63, 3.8) is 0 Å². The van der Waals surface area contributed by atoms with E-state index in [4.69, 9.17) is 16.4 Å². The number of hydroxylamine groups is 1. The number of benzene rings is 2. The fourth-order valence-electron chi connectivity index (χ4n) is 4.23. The molecule has 166 valence electrons. The van der Waals surface area contributed by atoms with Gasteiger partial charge in [-0.3, -0.25) is 9.48 Å². The molecule has 0 unspecified atom stereocenters. The lowest BCUT2D eigenvalue weighted by molar-refractivity contribution is -0.117. The first kappa shape index (κ1) is 21.0. The molecule has 5 rings (SSSR count). The average molecular weight is 462 g/mol. The molecular formula is C24H20ClN5O3. The number of fused-ring (bicyclic) bond motifs is 2. The number of carbonyl (C=O) groups excluding carboxylic acids is 2. The first-order valence-electron chi connectivity index (χ1n) is 10.4. The lowest BCUT2D eigenvalue weighted by Gasteiger charge is -2.32. The summed E-state index contributed by atoms with van der Waals surface area (Å²) in [6.45, 7) is 0.720. The molecule has 1 aliphatic heterocycles. The minimum absolute atomic E-state index is 0.100. The fourth-order valence-corrected chi connectivity index (χ4v) is 4.50. The van der Waals surface area contributed by atoms with Crippen LogP contribution >= 0.6 is 11.6 Å². The van der Waals surface area contributed by atoms with E-state index in [9.17, 15) is 9.59 Å². The van der Waals surface area contributed by atoms with Crippen LogP contribution in [0.15, 0.2) is 54.9 Å². The molecule has 3 heterocycles. The Balaban J connectivity index is 1.63. The van der Waals surface area contributed by atoms with Crippen molar-refractivity contribution in [2.24, 2.45) is 7.05 Å². The number of pyridine rings is 1. The summed E-state index contributed by atoms with van der Waals surface area (Å²) in [6, 6.07) is 13.4. The van der Waals surface area contributed by atoms with Gasteiger partial charge >= 0.3 is 5.97 Å². The van der Waals surface area contributed by atoms with Crippen molar-refractivity contribution in [1.82, 2.24) is 20.2 Å². The van der Waals surface area contributed by atoms with Crippen molar-refractivity contribution in [1.29, 1.82) is 0 Å². The van der Waals surface area contributed by atoms with Crippen molar-refractivity contribution in [3.8, 4) is 11.1 Å². The molecule has 1 N–H and O–H groups in total. The van der Waals surface area contributed by atoms with E-state index in [2.05, 4.69) is 21.0 Å². The maximum absolute atomic E-state index is 12.4. The Morgan fingerprint density at radius 3 is 2.88 bits per heavy atom. The standard InChI is InChI=1S/C24H20ClN5O3/c1-29-13-17(12-26-29)19-9-16-6-4-8-30(22(16)11-20(19)25)23-18-7-3-2-5-15(18)10-21(28-23)24(32)33-27-14-31/h2-3,5,7,9-14H,4,6,8H2,1H3,(H,27,31). The second-order valence-corrected chi connectivity index (χ2v) is 8.20. The van der Waals surface area contributed by atoms with Crippen molar-refractivity contribution >= 4 is 46.3 Å². The van der Waals surface area contributed by atoms with E-state index in [1.807, 2.05) is 49.1 Å². The van der Waals surface area contributed by atoms with Gasteiger partial charge in [0.2, 0.25) is 6.41 Å². The van der Waals surface area contributed by atoms with E-state index in [0.29, 0.717) is 17.3 Å². The van der Waals surface area contributed by atoms with Gasteiger partial charge in [-0.1, -0.05) is 35.9 Å². The maximum Gasteiger partial charge on any atom is 0.381 e. The number of anilines is 2. The third-order valence-electron chi connectivity index (χ3n) is 5.69. The summed E-state index contributed by atoms with van der Waals surface area (Å²) in [5, 5.41) is 6.61. The minimum atomic E-state index is -0.740. The van der Waals surface area contributed by atoms with Gasteiger partial charge in [-0.2, -0.15) is 10.6 Å². The number of nitrogens with one attached hydrogen (secondary N) is 1. The Labute approximate surface area is 194 Å². The highest BCUT2D eigenvalue weighted by atomic mass is 35.5. The van der Waals surface area contributed by atoms with Gasteiger partial charge < -0.3 is 9.74 Å². The zero-order valence-corrected chi connectivity index (χ0v) is 18.5. The molecule has 33 heavy (non-hydrogen) atoms. The lowest BCUT2D eigenvalue weighted by atomic mass is 9.96. The molecule has 0 aliphatic carbocycles. The van der Waals surface area contributed by atoms with Crippen LogP contribution in [-0.2, 0) is 23.1 Å². The van der Waals surface area contributed by atoms with Crippen LogP contribution in [0.2, 0.25) is 5.02 Å². The van der Waals surface area contributed by atoms with Crippen LogP contribution in [0.1, 0.15) is 22.5 Å². The lowest BCUT2D eigenvalue weighted by Crippen LogP contribution is -2.27. The van der Waals surface area contributed by atoms with Crippen LogP contribution in [-0.4, -0.2) is 33.7 Å². The summed E-state index contributed by atoms with van der Waals surface area (Å²) in [6.07, 6.45) is 5.84. The Bertz CT molecular complexity index is 1380. The Kier molecular flexibility index (Phi) is 5.43. The summed E-state index contributed by atoms with van der Waals surface area (Å²) in [4.78, 5) is 34.4. The van der Waals surface area contributed by atoms with Gasteiger partial charge in [0.25, 0.3) is 0 Å². The smallest absolute Gasteiger partial charge is 0.334 e. The van der Waals surface area contributed by atoms with E-state index in [1.54, 1.807) is 16.9 Å². The minimum Gasteiger partial charge on any atom is -0.334 e. The monoisotopic (exact) mass is 461 g/mol. The molecule has 0 radical (unpaired) electrons. The van der Waals surface area contributed by atoms with Gasteiger partial charge in [-0.05, 0) is 42.0 Å². The van der Waals surface area contributed by atoms with Gasteiger partial charge in [0.05, 0.1) is 11.2 Å². The maximum atomic E-state index is 12.4. The molecule has 2 aromatic heterocycles. The molecule has 1 amide bonds. The number of nitrogens with zero attached hydrogens (tertiary/aromatic N) is 4. The number of hydrogen-bond donors (Lipinski definition) is 1. The molecule has 0 bridgehead atoms. The van der Waals surface area contributed by atoms with Crippen molar-refractivity contribution in [2.75, 3.05) is 11.4 Å². The van der Waals surface area contributed by atoms with Gasteiger partial charge in [-0.15, -0.1) is 0 Å². The molecule has 4 aromatic rings. The molecule has 8 nitrogen and oxygen atoms in total. The quantitative estimate of drug-likeness (QED) is 0.354. The topological polar surface area (TPSA) is 89.4 Å². The average Bonchev–Trinajstić information content (AvgIpc) is 3.27.